The highest BCUT2D eigenvalue weighted by Crippen LogP contribution is 2.06. The molecule has 0 aromatic rings. The fourth-order valence-electron chi connectivity index (χ4n) is 0.635. The zero-order valence-corrected chi connectivity index (χ0v) is 6.67. The van der Waals surface area contributed by atoms with E-state index >= 15 is 0 Å². The molecule has 0 bridgehead atoms. The molecule has 0 amide bonds. The second kappa shape index (κ2) is 4.47. The van der Waals surface area contributed by atoms with Crippen LogP contribution in [0.4, 0.5) is 0 Å². The summed E-state index contributed by atoms with van der Waals surface area (Å²) in [6.45, 7) is 7.19. The van der Waals surface area contributed by atoms with Gasteiger partial charge in [0.2, 0.25) is 0 Å². The molecule has 60 valence electrons. The van der Waals surface area contributed by atoms with Crippen molar-refractivity contribution in [1.29, 1.82) is 0 Å². The van der Waals surface area contributed by atoms with Crippen LogP contribution in [0.1, 0.15) is 26.7 Å². The van der Waals surface area contributed by atoms with Crippen LogP contribution in [0.5, 0.6) is 0 Å². The van der Waals surface area contributed by atoms with Crippen LogP contribution in [0, 0.1) is 0 Å². The Morgan fingerprint density at radius 2 is 2.00 bits per heavy atom. The minimum Gasteiger partial charge on any atom is -0.391 e. The minimum absolute atomic E-state index is 0.600. The summed E-state index contributed by atoms with van der Waals surface area (Å²) in [5, 5.41) is 17.9. The third-order valence-corrected chi connectivity index (χ3v) is 1.42. The molecule has 0 aliphatic carbocycles. The molecule has 0 radical (unpaired) electrons. The average molecular weight is 144 g/mol. The Morgan fingerprint density at radius 3 is 2.30 bits per heavy atom. The smallest absolute Gasteiger partial charge is 0.0799 e. The second-order valence-corrected chi connectivity index (χ2v) is 2.80. The number of aliphatic hydroxyl groups excluding tert-OH is 2. The summed E-state index contributed by atoms with van der Waals surface area (Å²) in [4.78, 5) is 0. The van der Waals surface area contributed by atoms with E-state index < -0.39 is 12.2 Å². The molecule has 2 nitrogen and oxygen atoms in total. The van der Waals surface area contributed by atoms with Gasteiger partial charge in [-0.1, -0.05) is 5.57 Å². The fraction of sp³-hybridized carbons (Fsp3) is 0.750. The molecular weight excluding hydrogens is 128 g/mol. The van der Waals surface area contributed by atoms with Crippen molar-refractivity contribution in [2.75, 3.05) is 0 Å². The van der Waals surface area contributed by atoms with E-state index in [9.17, 15) is 0 Å². The second-order valence-electron chi connectivity index (χ2n) is 2.80. The van der Waals surface area contributed by atoms with Crippen molar-refractivity contribution in [3.8, 4) is 0 Å². The van der Waals surface area contributed by atoms with Gasteiger partial charge < -0.3 is 10.2 Å². The molecule has 0 heterocycles. The molecule has 2 N–H and O–H groups in total. The van der Waals surface area contributed by atoms with Crippen LogP contribution in [-0.2, 0) is 0 Å². The largest absolute Gasteiger partial charge is 0.391 e. The molecule has 0 saturated heterocycles. The van der Waals surface area contributed by atoms with Crippen molar-refractivity contribution in [2.24, 2.45) is 0 Å². The third-order valence-electron chi connectivity index (χ3n) is 1.42. The maximum absolute atomic E-state index is 9.08. The Bertz CT molecular complexity index is 108. The molecule has 0 aromatic carbocycles. The first-order valence-corrected chi connectivity index (χ1v) is 3.54. The maximum atomic E-state index is 9.08. The summed E-state index contributed by atoms with van der Waals surface area (Å²) < 4.78 is 0. The molecule has 0 aliphatic rings. The molecule has 0 aromatic heterocycles. The standard InChI is InChI=1S/C8H16O2/c1-6(2)4-5-8(10)7(3)9/h7-10H,1,4-5H2,2-3H3. The fourth-order valence-corrected chi connectivity index (χ4v) is 0.635. The lowest BCUT2D eigenvalue weighted by Gasteiger charge is -2.12. The summed E-state index contributed by atoms with van der Waals surface area (Å²) in [5.74, 6) is 0. The van der Waals surface area contributed by atoms with Crippen LogP contribution < -0.4 is 0 Å². The average Bonchev–Trinajstić information content (AvgIpc) is 1.82. The quantitative estimate of drug-likeness (QED) is 0.580. The van der Waals surface area contributed by atoms with E-state index in [2.05, 4.69) is 6.58 Å². The topological polar surface area (TPSA) is 40.5 Å². The molecule has 2 heteroatoms. The van der Waals surface area contributed by atoms with Gasteiger partial charge >= 0.3 is 0 Å². The van der Waals surface area contributed by atoms with Crippen molar-refractivity contribution in [3.63, 3.8) is 0 Å². The minimum atomic E-state index is -0.626. The lowest BCUT2D eigenvalue weighted by molar-refractivity contribution is 0.0265. The Labute approximate surface area is 62.2 Å². The van der Waals surface area contributed by atoms with E-state index in [1.165, 1.54) is 0 Å². The van der Waals surface area contributed by atoms with E-state index in [0.717, 1.165) is 12.0 Å². The van der Waals surface area contributed by atoms with Crippen LogP contribution in [0.3, 0.4) is 0 Å². The van der Waals surface area contributed by atoms with E-state index in [1.54, 1.807) is 6.92 Å². The summed E-state index contributed by atoms with van der Waals surface area (Å²) in [6.07, 6.45) is 0.162. The Morgan fingerprint density at radius 1 is 1.50 bits per heavy atom. The van der Waals surface area contributed by atoms with Crippen LogP contribution in [-0.4, -0.2) is 22.4 Å². The monoisotopic (exact) mass is 144 g/mol. The van der Waals surface area contributed by atoms with Crippen molar-refractivity contribution < 1.29 is 10.2 Å². The predicted octanol–water partition coefficient (Wildman–Crippen LogP) is 1.08. The number of aliphatic hydroxyl groups is 2. The van der Waals surface area contributed by atoms with Crippen molar-refractivity contribution in [3.05, 3.63) is 12.2 Å². The van der Waals surface area contributed by atoms with Gasteiger partial charge in [-0.3, -0.25) is 0 Å². The van der Waals surface area contributed by atoms with E-state index in [1.807, 2.05) is 6.92 Å². The first-order chi connectivity index (χ1) is 4.54. The Hall–Kier alpha value is -0.340. The molecule has 10 heavy (non-hydrogen) atoms. The van der Waals surface area contributed by atoms with E-state index in [-0.39, 0.29) is 0 Å². The van der Waals surface area contributed by atoms with Gasteiger partial charge in [0.1, 0.15) is 0 Å². The van der Waals surface area contributed by atoms with Crippen LogP contribution in [0.25, 0.3) is 0 Å². The highest BCUT2D eigenvalue weighted by molar-refractivity contribution is 4.88. The van der Waals surface area contributed by atoms with Crippen LogP contribution >= 0.6 is 0 Å². The van der Waals surface area contributed by atoms with Crippen LogP contribution in [0.2, 0.25) is 0 Å². The maximum Gasteiger partial charge on any atom is 0.0799 e. The zero-order valence-electron chi connectivity index (χ0n) is 6.67. The molecular formula is C8H16O2. The SMILES string of the molecule is C=C(C)CCC(O)C(C)O. The number of rotatable bonds is 4. The van der Waals surface area contributed by atoms with Gasteiger partial charge in [-0.05, 0) is 26.7 Å². The highest BCUT2D eigenvalue weighted by Gasteiger charge is 2.09. The zero-order chi connectivity index (χ0) is 8.15. The molecule has 0 rings (SSSR count). The van der Waals surface area contributed by atoms with E-state index in [4.69, 9.17) is 10.2 Å². The first-order valence-electron chi connectivity index (χ1n) is 3.54. The number of hydrogen-bond donors (Lipinski definition) is 2. The molecule has 2 atom stereocenters. The molecule has 0 aliphatic heterocycles. The van der Waals surface area contributed by atoms with Crippen molar-refractivity contribution in [2.45, 2.75) is 38.9 Å². The summed E-state index contributed by atoms with van der Waals surface area (Å²) in [7, 11) is 0. The first kappa shape index (κ1) is 9.66. The number of hydrogen-bond acceptors (Lipinski definition) is 2. The van der Waals surface area contributed by atoms with Gasteiger partial charge in [-0.25, -0.2) is 0 Å². The third kappa shape index (κ3) is 4.53. The highest BCUT2D eigenvalue weighted by atomic mass is 16.3. The van der Waals surface area contributed by atoms with Gasteiger partial charge in [0.25, 0.3) is 0 Å². The normalized spacial score (nSPS) is 16.4. The van der Waals surface area contributed by atoms with Gasteiger partial charge in [0, 0.05) is 0 Å². The lowest BCUT2D eigenvalue weighted by Crippen LogP contribution is -2.21. The summed E-state index contributed by atoms with van der Waals surface area (Å²) in [6, 6.07) is 0. The van der Waals surface area contributed by atoms with Crippen LogP contribution in [0.15, 0.2) is 12.2 Å². The lowest BCUT2D eigenvalue weighted by atomic mass is 10.1. The summed E-state index contributed by atoms with van der Waals surface area (Å²) >= 11 is 0. The molecule has 2 unspecified atom stereocenters. The Balaban J connectivity index is 3.39. The van der Waals surface area contributed by atoms with Gasteiger partial charge in [-0.15, -0.1) is 6.58 Å². The van der Waals surface area contributed by atoms with Gasteiger partial charge in [0.05, 0.1) is 12.2 Å². The molecule has 0 saturated carbocycles. The Kier molecular flexibility index (Phi) is 4.32. The van der Waals surface area contributed by atoms with Crippen molar-refractivity contribution >= 4 is 0 Å². The molecule has 0 spiro atoms. The molecule has 0 fully saturated rings. The van der Waals surface area contributed by atoms with E-state index in [0.29, 0.717) is 6.42 Å². The van der Waals surface area contributed by atoms with Gasteiger partial charge in [0.15, 0.2) is 0 Å². The predicted molar refractivity (Wildman–Crippen MR) is 41.7 cm³/mol. The van der Waals surface area contributed by atoms with Crippen molar-refractivity contribution in [1.82, 2.24) is 0 Å². The summed E-state index contributed by atoms with van der Waals surface area (Å²) in [5.41, 5.74) is 1.04. The number of allylic oxidation sites excluding steroid dienone is 1. The van der Waals surface area contributed by atoms with Gasteiger partial charge in [-0.2, -0.15) is 0 Å².